The van der Waals surface area contributed by atoms with Crippen LogP contribution in [-0.4, -0.2) is 24.3 Å². The molecule has 1 aromatic rings. The fourth-order valence-corrected chi connectivity index (χ4v) is 8.26. The van der Waals surface area contributed by atoms with Gasteiger partial charge in [0.25, 0.3) is 0 Å². The van der Waals surface area contributed by atoms with Crippen molar-refractivity contribution in [2.45, 2.75) is 53.1 Å². The third-order valence-electron chi connectivity index (χ3n) is 4.91. The van der Waals surface area contributed by atoms with Gasteiger partial charge >= 0.3 is 0 Å². The van der Waals surface area contributed by atoms with E-state index in [0.717, 1.165) is 30.5 Å². The molecule has 128 valence electrons. The van der Waals surface area contributed by atoms with Crippen LogP contribution in [0.5, 0.6) is 0 Å². The molecule has 1 unspecified atom stereocenters. The molecule has 3 heteroatoms. The van der Waals surface area contributed by atoms with Crippen molar-refractivity contribution in [3.63, 3.8) is 0 Å². The van der Waals surface area contributed by atoms with Crippen LogP contribution < -0.4 is 5.11 Å². The van der Waals surface area contributed by atoms with Crippen LogP contribution in [0.2, 0.25) is 0 Å². The van der Waals surface area contributed by atoms with Gasteiger partial charge in [0, 0.05) is 12.8 Å². The van der Waals surface area contributed by atoms with Crippen LogP contribution in [0.1, 0.15) is 58.7 Å². The van der Waals surface area contributed by atoms with Crippen molar-refractivity contribution in [2.75, 3.05) is 18.5 Å². The Kier molecular flexibility index (Phi) is 7.99. The van der Waals surface area contributed by atoms with E-state index >= 15 is 0 Å². The summed E-state index contributed by atoms with van der Waals surface area (Å²) >= 11 is 0. The number of hydrogen-bond acceptors (Lipinski definition) is 2. The Morgan fingerprint density at radius 2 is 1.65 bits per heavy atom. The maximum atomic E-state index is 12.3. The van der Waals surface area contributed by atoms with Crippen molar-refractivity contribution in [2.24, 2.45) is 0 Å². The number of carbonyl (C=O) groups is 1. The predicted molar refractivity (Wildman–Crippen MR) is 100 cm³/mol. The summed E-state index contributed by atoms with van der Waals surface area (Å²) in [4.78, 5) is 12.3. The van der Waals surface area contributed by atoms with Gasteiger partial charge in [0.05, 0.1) is 18.5 Å². The Bertz CT molecular complexity index is 526. The third-order valence-corrected chi connectivity index (χ3v) is 10.3. The molecule has 1 aromatic carbocycles. The zero-order chi connectivity index (χ0) is 17.5. The van der Waals surface area contributed by atoms with Crippen molar-refractivity contribution in [1.82, 2.24) is 0 Å². The van der Waals surface area contributed by atoms with Crippen molar-refractivity contribution in [3.8, 4) is 0 Å². The molecule has 0 saturated heterocycles. The minimum Gasteiger partial charge on any atom is -0.875 e. The topological polar surface area (TPSA) is 40.1 Å². The van der Waals surface area contributed by atoms with Crippen LogP contribution in [0.4, 0.5) is 0 Å². The molecule has 0 amide bonds. The molecule has 0 fully saturated rings. The highest BCUT2D eigenvalue weighted by Crippen LogP contribution is 2.72. The van der Waals surface area contributed by atoms with Gasteiger partial charge in [0.15, 0.2) is 5.78 Å². The lowest BCUT2D eigenvalue weighted by molar-refractivity contribution is -0.303. The Hall–Kier alpha value is -1.14. The van der Waals surface area contributed by atoms with Crippen LogP contribution >= 0.6 is 7.26 Å². The maximum absolute atomic E-state index is 12.3. The molecule has 0 aliphatic carbocycles. The zero-order valence-corrected chi connectivity index (χ0v) is 16.2. The summed E-state index contributed by atoms with van der Waals surface area (Å²) in [5.74, 6) is -0.122. The highest BCUT2D eigenvalue weighted by Gasteiger charge is 2.45. The molecule has 1 atom stereocenters. The monoisotopic (exact) mass is 334 g/mol. The number of allylic oxidation sites excluding steroid dienone is 2. The summed E-state index contributed by atoms with van der Waals surface area (Å²) in [6.07, 6.45) is 5.63. The molecule has 0 heterocycles. The summed E-state index contributed by atoms with van der Waals surface area (Å²) in [7, 11) is -1.45. The molecule has 1 rings (SSSR count). The zero-order valence-electron chi connectivity index (χ0n) is 15.3. The molecule has 0 saturated carbocycles. The largest absolute Gasteiger partial charge is 0.875 e. The minimum atomic E-state index is -1.45. The van der Waals surface area contributed by atoms with Crippen molar-refractivity contribution in [3.05, 3.63) is 47.2 Å². The van der Waals surface area contributed by atoms with E-state index in [1.165, 1.54) is 6.42 Å². The third kappa shape index (κ3) is 4.67. The van der Waals surface area contributed by atoms with Gasteiger partial charge in [0.2, 0.25) is 0 Å². The van der Waals surface area contributed by atoms with Crippen LogP contribution in [0.15, 0.2) is 41.7 Å². The molecule has 2 nitrogen and oxygen atoms in total. The molecule has 0 aliphatic heterocycles. The molecular formula is C20H31O2P. The first-order valence-electron chi connectivity index (χ1n) is 8.72. The number of rotatable bonds is 9. The summed E-state index contributed by atoms with van der Waals surface area (Å²) in [5.41, 5.74) is 1.66. The normalized spacial score (nSPS) is 14.3. The van der Waals surface area contributed by atoms with E-state index in [9.17, 15) is 9.90 Å². The Morgan fingerprint density at radius 3 is 2.04 bits per heavy atom. The molecule has 0 spiro atoms. The average molecular weight is 334 g/mol. The van der Waals surface area contributed by atoms with Crippen LogP contribution in [-0.2, 0) is 4.79 Å². The Balaban J connectivity index is 3.55. The SMILES string of the molecule is CCCC[P+](CC)(CC)C(/C(C(C)=O)=C(/C)[O-])c1ccccc1. The van der Waals surface area contributed by atoms with Crippen molar-refractivity contribution >= 4 is 13.0 Å². The summed E-state index contributed by atoms with van der Waals surface area (Å²) in [6.45, 7) is 9.78. The molecule has 0 aliphatic rings. The first kappa shape index (κ1) is 19.9. The van der Waals surface area contributed by atoms with Crippen molar-refractivity contribution in [1.29, 1.82) is 0 Å². The van der Waals surface area contributed by atoms with Crippen LogP contribution in [0, 0.1) is 0 Å². The number of Topliss-reactive ketones (excluding diaryl/α,β-unsaturated/α-hetero) is 1. The molecule has 0 aromatic heterocycles. The summed E-state index contributed by atoms with van der Waals surface area (Å²) < 4.78 is 0. The van der Waals surface area contributed by atoms with Gasteiger partial charge in [-0.1, -0.05) is 50.6 Å². The molecule has 23 heavy (non-hydrogen) atoms. The molecular weight excluding hydrogens is 303 g/mol. The van der Waals surface area contributed by atoms with E-state index < -0.39 is 7.26 Å². The van der Waals surface area contributed by atoms with E-state index in [1.54, 1.807) is 13.8 Å². The molecule has 0 radical (unpaired) electrons. The van der Waals surface area contributed by atoms with Gasteiger partial charge in [-0.05, 0) is 32.8 Å². The summed E-state index contributed by atoms with van der Waals surface area (Å²) in [6, 6.07) is 10.2. The number of benzene rings is 1. The second-order valence-electron chi connectivity index (χ2n) is 6.27. The highest BCUT2D eigenvalue weighted by molar-refractivity contribution is 7.76. The first-order chi connectivity index (χ1) is 10.9. The van der Waals surface area contributed by atoms with Gasteiger partial charge in [-0.15, -0.1) is 5.76 Å². The van der Waals surface area contributed by atoms with Crippen LogP contribution in [0.3, 0.4) is 0 Å². The molecule has 0 bridgehead atoms. The number of hydrogen-bond donors (Lipinski definition) is 0. The van der Waals surface area contributed by atoms with Gasteiger partial charge < -0.3 is 5.11 Å². The standard InChI is InChI=1S/C20H31O2P/c1-6-9-15-23(7-2,8-3)20(18-13-11-10-12-14-18)19(16(4)21)17(5)22/h10-14,20H,6-9,15H2,1-5H3. The van der Waals surface area contributed by atoms with E-state index in [0.29, 0.717) is 5.57 Å². The molecule has 0 N–H and O–H groups in total. The number of unbranched alkanes of at least 4 members (excludes halogenated alkanes) is 1. The van der Waals surface area contributed by atoms with Gasteiger partial charge in [-0.25, -0.2) is 0 Å². The quantitative estimate of drug-likeness (QED) is 0.369. The Labute approximate surface area is 142 Å². The maximum Gasteiger partial charge on any atom is 0.159 e. The van der Waals surface area contributed by atoms with E-state index in [2.05, 4.69) is 32.9 Å². The predicted octanol–water partition coefficient (Wildman–Crippen LogP) is 4.81. The second-order valence-corrected chi connectivity index (χ2v) is 10.9. The fraction of sp³-hybridized carbons (Fsp3) is 0.550. The Morgan fingerprint density at radius 1 is 1.09 bits per heavy atom. The lowest BCUT2D eigenvalue weighted by Gasteiger charge is -2.36. The van der Waals surface area contributed by atoms with Crippen LogP contribution in [0.25, 0.3) is 0 Å². The summed E-state index contributed by atoms with van der Waals surface area (Å²) in [5, 5.41) is 12.3. The van der Waals surface area contributed by atoms with E-state index in [-0.39, 0.29) is 17.2 Å². The lowest BCUT2D eigenvalue weighted by Crippen LogP contribution is -2.23. The smallest absolute Gasteiger partial charge is 0.159 e. The van der Waals surface area contributed by atoms with E-state index in [1.807, 2.05) is 18.2 Å². The minimum absolute atomic E-state index is 0.000231. The second kappa shape index (κ2) is 9.23. The van der Waals surface area contributed by atoms with Gasteiger partial charge in [-0.3, -0.25) is 4.79 Å². The van der Waals surface area contributed by atoms with Gasteiger partial charge in [0.1, 0.15) is 5.66 Å². The van der Waals surface area contributed by atoms with E-state index in [4.69, 9.17) is 0 Å². The first-order valence-corrected chi connectivity index (χ1v) is 11.1. The average Bonchev–Trinajstić information content (AvgIpc) is 2.55. The highest BCUT2D eigenvalue weighted by atomic mass is 31.2. The number of carbonyl (C=O) groups excluding carboxylic acids is 1. The number of ketones is 1. The lowest BCUT2D eigenvalue weighted by atomic mass is 10.0. The van der Waals surface area contributed by atoms with Crippen molar-refractivity contribution < 1.29 is 9.90 Å². The fourth-order valence-electron chi connectivity index (χ4n) is 3.53. The van der Waals surface area contributed by atoms with Gasteiger partial charge in [-0.2, -0.15) is 0 Å².